The summed E-state index contributed by atoms with van der Waals surface area (Å²) in [6.07, 6.45) is 8.42. The molecule has 0 aliphatic heterocycles. The van der Waals surface area contributed by atoms with E-state index in [1.165, 1.54) is 37.7 Å². The Labute approximate surface area is 129 Å². The number of nitrogens with one attached hydrogen (secondary N) is 2. The lowest BCUT2D eigenvalue weighted by Crippen LogP contribution is -2.29. The molecule has 1 heterocycles. The van der Waals surface area contributed by atoms with Gasteiger partial charge in [-0.05, 0) is 31.1 Å². The van der Waals surface area contributed by atoms with E-state index >= 15 is 0 Å². The maximum absolute atomic E-state index is 4.50. The molecular formula is C17H30N4. The average Bonchev–Trinajstić information content (AvgIpc) is 2.46. The molecule has 2 N–H and O–H groups in total. The molecule has 0 aromatic carbocycles. The molecule has 0 spiro atoms. The highest BCUT2D eigenvalue weighted by atomic mass is 15.1. The van der Waals surface area contributed by atoms with Gasteiger partial charge in [0.1, 0.15) is 18.0 Å². The van der Waals surface area contributed by atoms with Crippen LogP contribution in [0.3, 0.4) is 0 Å². The molecule has 0 atom stereocenters. The summed E-state index contributed by atoms with van der Waals surface area (Å²) < 4.78 is 0. The van der Waals surface area contributed by atoms with Gasteiger partial charge in [0.05, 0.1) is 0 Å². The van der Waals surface area contributed by atoms with E-state index < -0.39 is 0 Å². The van der Waals surface area contributed by atoms with E-state index in [4.69, 9.17) is 0 Å². The number of nitrogens with zero attached hydrogens (tertiary/aromatic N) is 2. The number of hydrogen-bond donors (Lipinski definition) is 2. The van der Waals surface area contributed by atoms with Gasteiger partial charge in [0.2, 0.25) is 0 Å². The van der Waals surface area contributed by atoms with Gasteiger partial charge in [-0.2, -0.15) is 0 Å². The maximum atomic E-state index is 4.50. The third kappa shape index (κ3) is 4.08. The van der Waals surface area contributed by atoms with Crippen molar-refractivity contribution in [1.82, 2.24) is 9.97 Å². The fourth-order valence-electron chi connectivity index (χ4n) is 3.27. The second-order valence-electron chi connectivity index (χ2n) is 6.89. The van der Waals surface area contributed by atoms with Gasteiger partial charge in [-0.25, -0.2) is 9.97 Å². The molecule has 118 valence electrons. The van der Waals surface area contributed by atoms with E-state index in [1.54, 1.807) is 6.33 Å². The number of aromatic nitrogens is 2. The van der Waals surface area contributed by atoms with Gasteiger partial charge in [0.25, 0.3) is 0 Å². The Kier molecular flexibility index (Phi) is 5.43. The topological polar surface area (TPSA) is 49.8 Å². The molecule has 1 saturated carbocycles. The summed E-state index contributed by atoms with van der Waals surface area (Å²) in [7, 11) is 0. The van der Waals surface area contributed by atoms with E-state index in [2.05, 4.69) is 48.3 Å². The van der Waals surface area contributed by atoms with E-state index in [9.17, 15) is 0 Å². The third-order valence-electron chi connectivity index (χ3n) is 4.55. The molecule has 1 aliphatic rings. The molecule has 0 radical (unpaired) electrons. The first-order valence-electron chi connectivity index (χ1n) is 8.38. The number of anilines is 2. The monoisotopic (exact) mass is 290 g/mol. The number of rotatable bonds is 6. The first-order valence-corrected chi connectivity index (χ1v) is 8.38. The minimum absolute atomic E-state index is 0.405. The summed E-state index contributed by atoms with van der Waals surface area (Å²) in [6, 6.07) is 0. The lowest BCUT2D eigenvalue weighted by atomic mass is 9.76. The highest BCUT2D eigenvalue weighted by Gasteiger charge is 2.27. The minimum atomic E-state index is 0.405. The molecule has 0 saturated heterocycles. The highest BCUT2D eigenvalue weighted by molar-refractivity contribution is 5.59. The summed E-state index contributed by atoms with van der Waals surface area (Å²) in [4.78, 5) is 8.90. The predicted octanol–water partition coefficient (Wildman–Crippen LogP) is 4.41. The molecule has 1 fully saturated rings. The van der Waals surface area contributed by atoms with Crippen LogP contribution in [0, 0.1) is 5.41 Å². The van der Waals surface area contributed by atoms with Crippen LogP contribution < -0.4 is 10.6 Å². The Morgan fingerprint density at radius 2 is 1.71 bits per heavy atom. The lowest BCUT2D eigenvalue weighted by Gasteiger charge is -2.34. The van der Waals surface area contributed by atoms with Gasteiger partial charge in [0, 0.05) is 18.7 Å². The van der Waals surface area contributed by atoms with Gasteiger partial charge in [-0.1, -0.05) is 40.0 Å². The normalized spacial score (nSPS) is 17.8. The van der Waals surface area contributed by atoms with Crippen molar-refractivity contribution in [1.29, 1.82) is 0 Å². The Bertz CT molecular complexity index is 450. The number of hydrogen-bond acceptors (Lipinski definition) is 4. The van der Waals surface area contributed by atoms with Crippen molar-refractivity contribution in [2.24, 2.45) is 5.41 Å². The predicted molar refractivity (Wildman–Crippen MR) is 90.0 cm³/mol. The van der Waals surface area contributed by atoms with Crippen molar-refractivity contribution in [3.63, 3.8) is 0 Å². The Morgan fingerprint density at radius 3 is 2.29 bits per heavy atom. The zero-order valence-corrected chi connectivity index (χ0v) is 14.0. The van der Waals surface area contributed by atoms with E-state index in [-0.39, 0.29) is 0 Å². The van der Waals surface area contributed by atoms with Crippen LogP contribution in [0.2, 0.25) is 0 Å². The van der Waals surface area contributed by atoms with Crippen LogP contribution in [-0.2, 0) is 0 Å². The molecule has 4 nitrogen and oxygen atoms in total. The summed E-state index contributed by atoms with van der Waals surface area (Å²) in [6.45, 7) is 10.8. The largest absolute Gasteiger partial charge is 0.370 e. The van der Waals surface area contributed by atoms with Crippen LogP contribution in [0.5, 0.6) is 0 Å². The van der Waals surface area contributed by atoms with Crippen molar-refractivity contribution >= 4 is 11.6 Å². The van der Waals surface area contributed by atoms with Gasteiger partial charge >= 0.3 is 0 Å². The van der Waals surface area contributed by atoms with Crippen molar-refractivity contribution in [2.45, 2.75) is 65.7 Å². The first-order chi connectivity index (χ1) is 10.1. The molecule has 1 aromatic rings. The quantitative estimate of drug-likeness (QED) is 0.814. The summed E-state index contributed by atoms with van der Waals surface area (Å²) in [5.74, 6) is 2.38. The van der Waals surface area contributed by atoms with E-state index in [1.807, 2.05) is 0 Å². The molecule has 1 aliphatic carbocycles. The summed E-state index contributed by atoms with van der Waals surface area (Å²) >= 11 is 0. The van der Waals surface area contributed by atoms with Crippen molar-refractivity contribution in [3.05, 3.63) is 11.9 Å². The first kappa shape index (κ1) is 16.1. The van der Waals surface area contributed by atoms with E-state index in [0.29, 0.717) is 11.3 Å². The summed E-state index contributed by atoms with van der Waals surface area (Å²) in [5, 5.41) is 6.97. The fourth-order valence-corrected chi connectivity index (χ4v) is 3.27. The molecule has 21 heavy (non-hydrogen) atoms. The zero-order chi connectivity index (χ0) is 15.3. The van der Waals surface area contributed by atoms with Gasteiger partial charge in [-0.15, -0.1) is 0 Å². The molecule has 0 amide bonds. The second kappa shape index (κ2) is 7.10. The van der Waals surface area contributed by atoms with Crippen LogP contribution >= 0.6 is 0 Å². The third-order valence-corrected chi connectivity index (χ3v) is 4.55. The molecule has 4 heteroatoms. The fraction of sp³-hybridized carbons (Fsp3) is 0.765. The summed E-state index contributed by atoms with van der Waals surface area (Å²) in [5.41, 5.74) is 1.62. The highest BCUT2D eigenvalue weighted by Crippen LogP contribution is 2.36. The second-order valence-corrected chi connectivity index (χ2v) is 6.89. The molecule has 2 rings (SSSR count). The van der Waals surface area contributed by atoms with Crippen molar-refractivity contribution in [2.75, 3.05) is 23.7 Å². The Morgan fingerprint density at radius 1 is 1.10 bits per heavy atom. The molecular weight excluding hydrogens is 260 g/mol. The molecule has 1 aromatic heterocycles. The zero-order valence-electron chi connectivity index (χ0n) is 14.0. The minimum Gasteiger partial charge on any atom is -0.370 e. The Balaban J connectivity index is 2.13. The van der Waals surface area contributed by atoms with Crippen molar-refractivity contribution in [3.8, 4) is 0 Å². The average molecular weight is 290 g/mol. The lowest BCUT2D eigenvalue weighted by molar-refractivity contribution is 0.233. The van der Waals surface area contributed by atoms with Gasteiger partial charge in [-0.3, -0.25) is 0 Å². The Hall–Kier alpha value is -1.32. The smallest absolute Gasteiger partial charge is 0.135 e. The van der Waals surface area contributed by atoms with Gasteiger partial charge in [0.15, 0.2) is 0 Å². The SMILES string of the molecule is CCNc1ncnc(NCC2(C)CCCCC2)c1C(C)C. The van der Waals surface area contributed by atoms with Crippen molar-refractivity contribution < 1.29 is 0 Å². The molecule has 0 unspecified atom stereocenters. The van der Waals surface area contributed by atoms with Crippen LogP contribution in [0.25, 0.3) is 0 Å². The standard InChI is InChI=1S/C17H30N4/c1-5-18-15-14(13(2)3)16(21-12-20-15)19-11-17(4)9-7-6-8-10-17/h12-13H,5-11H2,1-4H3,(H2,18,19,20,21). The van der Waals surface area contributed by atoms with E-state index in [0.717, 1.165) is 24.7 Å². The van der Waals surface area contributed by atoms with Crippen LogP contribution in [-0.4, -0.2) is 23.1 Å². The van der Waals surface area contributed by atoms with Crippen LogP contribution in [0.15, 0.2) is 6.33 Å². The van der Waals surface area contributed by atoms with Crippen LogP contribution in [0.4, 0.5) is 11.6 Å². The molecule has 0 bridgehead atoms. The maximum Gasteiger partial charge on any atom is 0.135 e. The van der Waals surface area contributed by atoms with Crippen LogP contribution in [0.1, 0.15) is 71.3 Å². The van der Waals surface area contributed by atoms with Gasteiger partial charge < -0.3 is 10.6 Å².